The summed E-state index contributed by atoms with van der Waals surface area (Å²) >= 11 is 0. The van der Waals surface area contributed by atoms with Gasteiger partial charge >= 0.3 is 0 Å². The second kappa shape index (κ2) is 14.6. The average molecular weight is 878 g/mol. The first kappa shape index (κ1) is 40.5. The van der Waals surface area contributed by atoms with Gasteiger partial charge in [0.1, 0.15) is 11.5 Å². The van der Waals surface area contributed by atoms with Crippen molar-refractivity contribution in [1.29, 1.82) is 0 Å². The Labute approximate surface area is 400 Å². The third kappa shape index (κ3) is 5.68. The van der Waals surface area contributed by atoms with Gasteiger partial charge in [-0.3, -0.25) is 0 Å². The van der Waals surface area contributed by atoms with Crippen molar-refractivity contribution in [3.63, 3.8) is 0 Å². The molecule has 4 nitrogen and oxygen atoms in total. The van der Waals surface area contributed by atoms with E-state index in [1.165, 1.54) is 55.7 Å². The lowest BCUT2D eigenvalue weighted by Crippen LogP contribution is -2.62. The first-order chi connectivity index (χ1) is 33.0. The Bertz CT molecular complexity index is 3410. The Morgan fingerprint density at radius 2 is 0.794 bits per heavy atom. The molecule has 13 rings (SSSR count). The van der Waals surface area contributed by atoms with Gasteiger partial charge in [0.25, 0.3) is 6.71 Å². The second-order valence-corrected chi connectivity index (χ2v) is 20.9. The van der Waals surface area contributed by atoms with Crippen LogP contribution in [0.15, 0.2) is 206 Å². The van der Waals surface area contributed by atoms with Crippen LogP contribution in [0.3, 0.4) is 0 Å². The van der Waals surface area contributed by atoms with Crippen LogP contribution in [-0.4, -0.2) is 6.71 Å². The highest BCUT2D eigenvalue weighted by atomic mass is 16.5. The minimum atomic E-state index is -0.717. The van der Waals surface area contributed by atoms with Crippen LogP contribution in [0.4, 0.5) is 51.2 Å². The normalized spacial score (nSPS) is 14.7. The number of ether oxygens (including phenoxy) is 1. The van der Waals surface area contributed by atoms with E-state index in [9.17, 15) is 0 Å². The Hall–Kier alpha value is -7.76. The lowest BCUT2D eigenvalue weighted by atomic mass is 9.33. The molecule has 328 valence electrons. The van der Waals surface area contributed by atoms with Crippen LogP contribution in [0.2, 0.25) is 0 Å². The van der Waals surface area contributed by atoms with Gasteiger partial charge in [-0.25, -0.2) is 0 Å². The SMILES string of the molecule is CC(C)(C)c1ccc(N2c3ccccc3B3c4c2cccc4N(c2ccc(C(C)(C)C)cc2)c2ccc4c(c23)Oc2ccccc2C42c3ccccc3N(c3ccccc3)c3ccccc32)cc1. The summed E-state index contributed by atoms with van der Waals surface area (Å²) in [6.45, 7) is 13.6. The Kier molecular flexibility index (Phi) is 8.71. The maximum absolute atomic E-state index is 7.62. The molecule has 0 bridgehead atoms. The molecule has 9 aromatic carbocycles. The number of rotatable bonds is 3. The van der Waals surface area contributed by atoms with Crippen molar-refractivity contribution in [3.05, 3.63) is 240 Å². The molecule has 0 aliphatic carbocycles. The number of para-hydroxylation sites is 5. The highest BCUT2D eigenvalue weighted by molar-refractivity contribution is 7.01. The molecule has 9 aromatic rings. The minimum absolute atomic E-state index is 0.0133. The topological polar surface area (TPSA) is 19.0 Å². The molecule has 5 heteroatoms. The Morgan fingerprint density at radius 1 is 0.353 bits per heavy atom. The van der Waals surface area contributed by atoms with Gasteiger partial charge in [-0.2, -0.15) is 0 Å². The zero-order valence-electron chi connectivity index (χ0n) is 39.5. The fourth-order valence-electron chi connectivity index (χ4n) is 11.9. The molecule has 0 saturated carbocycles. The van der Waals surface area contributed by atoms with Crippen LogP contribution in [0.5, 0.6) is 11.5 Å². The van der Waals surface area contributed by atoms with E-state index in [2.05, 4.69) is 262 Å². The van der Waals surface area contributed by atoms with Gasteiger partial charge in [0, 0.05) is 50.9 Å². The number of hydrogen-bond donors (Lipinski definition) is 0. The first-order valence-electron chi connectivity index (χ1n) is 24.1. The van der Waals surface area contributed by atoms with Crippen molar-refractivity contribution < 1.29 is 4.74 Å². The summed E-state index contributed by atoms with van der Waals surface area (Å²) in [7, 11) is 0. The van der Waals surface area contributed by atoms with E-state index in [0.717, 1.165) is 56.8 Å². The molecular weight excluding hydrogens is 826 g/mol. The van der Waals surface area contributed by atoms with E-state index in [1.807, 2.05) is 0 Å². The van der Waals surface area contributed by atoms with E-state index in [4.69, 9.17) is 4.74 Å². The smallest absolute Gasteiger partial charge is 0.257 e. The molecule has 0 saturated heterocycles. The number of anilines is 9. The largest absolute Gasteiger partial charge is 0.457 e. The van der Waals surface area contributed by atoms with Crippen molar-refractivity contribution in [3.8, 4) is 11.5 Å². The maximum Gasteiger partial charge on any atom is 0.257 e. The standard InChI is InChI=1S/C63H52BN3O/c1-61(2,3)41-31-35-44(36-32-41)66-53-27-16-13-24-50(53)64-58-54(66)28-18-29-55(58)67(45-37-33-42(34-38-45)62(4,5)6)56-40-39-49-60(59(56)64)68-57-30-17-12-23-48(57)63(49)46-21-10-14-25-51(46)65(43-19-8-7-9-20-43)52-26-15-11-22-47(52)63/h7-40H,1-6H3. The summed E-state index contributed by atoms with van der Waals surface area (Å²) in [6.07, 6.45) is 0. The van der Waals surface area contributed by atoms with Gasteiger partial charge in [0.2, 0.25) is 0 Å². The second-order valence-electron chi connectivity index (χ2n) is 20.9. The molecule has 0 fully saturated rings. The summed E-state index contributed by atoms with van der Waals surface area (Å²) in [5, 5.41) is 0. The third-order valence-corrected chi connectivity index (χ3v) is 15.0. The van der Waals surface area contributed by atoms with Crippen LogP contribution >= 0.6 is 0 Å². The predicted molar refractivity (Wildman–Crippen MR) is 284 cm³/mol. The maximum atomic E-state index is 7.62. The van der Waals surface area contributed by atoms with Crippen LogP contribution in [0, 0.1) is 0 Å². The first-order valence-corrected chi connectivity index (χ1v) is 24.1. The monoisotopic (exact) mass is 877 g/mol. The summed E-state index contributed by atoms with van der Waals surface area (Å²) in [6, 6.07) is 76.8. The fourth-order valence-corrected chi connectivity index (χ4v) is 11.9. The zero-order valence-corrected chi connectivity index (χ0v) is 39.5. The van der Waals surface area contributed by atoms with E-state index < -0.39 is 5.41 Å². The number of benzene rings is 9. The number of nitrogens with zero attached hydrogens (tertiary/aromatic N) is 3. The van der Waals surface area contributed by atoms with Gasteiger partial charge in [-0.05, 0) is 128 Å². The summed E-state index contributed by atoms with van der Waals surface area (Å²) in [5.41, 5.74) is 20.7. The third-order valence-electron chi connectivity index (χ3n) is 15.0. The molecule has 68 heavy (non-hydrogen) atoms. The Balaban J connectivity index is 1.13. The molecule has 4 aliphatic heterocycles. The van der Waals surface area contributed by atoms with E-state index >= 15 is 0 Å². The van der Waals surface area contributed by atoms with E-state index in [0.29, 0.717) is 0 Å². The van der Waals surface area contributed by atoms with E-state index in [-0.39, 0.29) is 17.5 Å². The van der Waals surface area contributed by atoms with Crippen molar-refractivity contribution in [2.24, 2.45) is 0 Å². The zero-order chi connectivity index (χ0) is 46.1. The van der Waals surface area contributed by atoms with Gasteiger partial charge in [-0.1, -0.05) is 169 Å². The number of fused-ring (bicyclic) bond motifs is 13. The molecule has 0 amide bonds. The summed E-state index contributed by atoms with van der Waals surface area (Å²) < 4.78 is 7.62. The molecule has 1 spiro atoms. The quantitative estimate of drug-likeness (QED) is 0.165. The van der Waals surface area contributed by atoms with Gasteiger partial charge < -0.3 is 19.4 Å². The lowest BCUT2D eigenvalue weighted by Gasteiger charge is -2.50. The highest BCUT2D eigenvalue weighted by Gasteiger charge is 2.54. The van der Waals surface area contributed by atoms with Crippen LogP contribution < -0.4 is 35.8 Å². The van der Waals surface area contributed by atoms with Crippen molar-refractivity contribution in [2.45, 2.75) is 57.8 Å². The molecule has 4 heterocycles. The van der Waals surface area contributed by atoms with Crippen LogP contribution in [-0.2, 0) is 16.2 Å². The van der Waals surface area contributed by atoms with Crippen molar-refractivity contribution in [2.75, 3.05) is 14.7 Å². The lowest BCUT2D eigenvalue weighted by molar-refractivity contribution is 0.437. The van der Waals surface area contributed by atoms with Crippen molar-refractivity contribution in [1.82, 2.24) is 0 Å². The van der Waals surface area contributed by atoms with E-state index in [1.54, 1.807) is 0 Å². The van der Waals surface area contributed by atoms with Gasteiger partial charge in [0.15, 0.2) is 0 Å². The van der Waals surface area contributed by atoms with Gasteiger partial charge in [-0.15, -0.1) is 0 Å². The summed E-state index contributed by atoms with van der Waals surface area (Å²) in [5.74, 6) is 1.79. The molecule has 4 aliphatic rings. The molecule has 0 atom stereocenters. The number of hydrogen-bond acceptors (Lipinski definition) is 4. The molecule has 0 aromatic heterocycles. The fraction of sp³-hybridized carbons (Fsp3) is 0.143. The minimum Gasteiger partial charge on any atom is -0.457 e. The average Bonchev–Trinajstić information content (AvgIpc) is 3.36. The van der Waals surface area contributed by atoms with Crippen molar-refractivity contribution >= 4 is 74.3 Å². The molecule has 0 unspecified atom stereocenters. The van der Waals surface area contributed by atoms with Gasteiger partial charge in [0.05, 0.1) is 16.8 Å². The molecular formula is C63H52BN3O. The molecule has 0 N–H and O–H groups in total. The molecule has 0 radical (unpaired) electrons. The highest BCUT2D eigenvalue weighted by Crippen LogP contribution is 2.63. The van der Waals surface area contributed by atoms with Crippen LogP contribution in [0.1, 0.15) is 74.9 Å². The summed E-state index contributed by atoms with van der Waals surface area (Å²) in [4.78, 5) is 7.43. The predicted octanol–water partition coefficient (Wildman–Crippen LogP) is 14.6. The Morgan fingerprint density at radius 3 is 1.38 bits per heavy atom. The van der Waals surface area contributed by atoms with Crippen LogP contribution in [0.25, 0.3) is 0 Å².